The Balaban J connectivity index is 2.82. The largest absolute Gasteiger partial charge is 0.497 e. The zero-order valence-corrected chi connectivity index (χ0v) is 22.5. The SMILES string of the molecule is C=C(/C=C/[C@@H](O)[C@H](C)C(=O)OC)[C@H](CCOCc1ccc(OC)cc1)O[Si](C)(C)C(C)(C)C. The Hall–Kier alpha value is -1.93. The molecule has 0 spiro atoms. The third-order valence-corrected chi connectivity index (χ3v) is 10.7. The van der Waals surface area contributed by atoms with Crippen molar-refractivity contribution in [2.45, 2.75) is 71.1 Å². The van der Waals surface area contributed by atoms with Gasteiger partial charge in [-0.15, -0.1) is 0 Å². The van der Waals surface area contributed by atoms with E-state index >= 15 is 0 Å². The van der Waals surface area contributed by atoms with Gasteiger partial charge in [0.05, 0.1) is 39.0 Å². The zero-order valence-electron chi connectivity index (χ0n) is 21.5. The number of esters is 1. The highest BCUT2D eigenvalue weighted by atomic mass is 28.4. The molecule has 1 rings (SSSR count). The van der Waals surface area contributed by atoms with Crippen molar-refractivity contribution in [3.63, 3.8) is 0 Å². The molecule has 0 fully saturated rings. The zero-order chi connectivity index (χ0) is 25.2. The molecule has 186 valence electrons. The molecule has 33 heavy (non-hydrogen) atoms. The van der Waals surface area contributed by atoms with Crippen LogP contribution in [0, 0.1) is 5.92 Å². The average molecular weight is 479 g/mol. The first-order valence-corrected chi connectivity index (χ1v) is 14.2. The molecule has 0 radical (unpaired) electrons. The van der Waals surface area contributed by atoms with Gasteiger partial charge in [0.2, 0.25) is 0 Å². The van der Waals surface area contributed by atoms with Crippen LogP contribution in [0.5, 0.6) is 5.75 Å². The number of carbonyl (C=O) groups excluding carboxylic acids is 1. The number of methoxy groups -OCH3 is 2. The molecule has 7 heteroatoms. The molecule has 0 aliphatic heterocycles. The van der Waals surface area contributed by atoms with Crippen LogP contribution in [-0.2, 0) is 25.3 Å². The van der Waals surface area contributed by atoms with E-state index in [0.29, 0.717) is 19.6 Å². The summed E-state index contributed by atoms with van der Waals surface area (Å²) in [5.74, 6) is -0.307. The number of benzene rings is 1. The van der Waals surface area contributed by atoms with Crippen molar-refractivity contribution in [1.29, 1.82) is 0 Å². The van der Waals surface area contributed by atoms with Crippen molar-refractivity contribution in [3.8, 4) is 5.75 Å². The average Bonchev–Trinajstić information content (AvgIpc) is 2.77. The van der Waals surface area contributed by atoms with Gasteiger partial charge in [0.15, 0.2) is 8.32 Å². The summed E-state index contributed by atoms with van der Waals surface area (Å²) in [6.45, 7) is 17.8. The molecule has 1 aromatic carbocycles. The van der Waals surface area contributed by atoms with E-state index < -0.39 is 26.3 Å². The summed E-state index contributed by atoms with van der Waals surface area (Å²) < 4.78 is 22.4. The minimum absolute atomic E-state index is 0.0398. The molecule has 0 amide bonds. The predicted octanol–water partition coefficient (Wildman–Crippen LogP) is 5.27. The Bertz CT molecular complexity index is 779. The van der Waals surface area contributed by atoms with Crippen LogP contribution in [0.4, 0.5) is 0 Å². The maximum Gasteiger partial charge on any atom is 0.311 e. The lowest BCUT2D eigenvalue weighted by molar-refractivity contribution is -0.147. The Morgan fingerprint density at radius 1 is 1.18 bits per heavy atom. The van der Waals surface area contributed by atoms with E-state index in [0.717, 1.165) is 16.9 Å². The first-order valence-electron chi connectivity index (χ1n) is 11.3. The number of ether oxygens (including phenoxy) is 3. The second kappa shape index (κ2) is 13.1. The van der Waals surface area contributed by atoms with E-state index in [1.807, 2.05) is 24.3 Å². The van der Waals surface area contributed by atoms with E-state index in [1.54, 1.807) is 26.2 Å². The summed E-state index contributed by atoms with van der Waals surface area (Å²) in [7, 11) is 0.884. The van der Waals surface area contributed by atoms with Crippen molar-refractivity contribution >= 4 is 14.3 Å². The Labute approximate surface area is 200 Å². The number of aliphatic hydroxyl groups excluding tert-OH is 1. The highest BCUT2D eigenvalue weighted by Crippen LogP contribution is 2.38. The molecule has 0 bridgehead atoms. The fourth-order valence-corrected chi connectivity index (χ4v) is 4.11. The molecule has 0 aromatic heterocycles. The molecule has 0 unspecified atom stereocenters. The van der Waals surface area contributed by atoms with Gasteiger partial charge in [0.1, 0.15) is 5.75 Å². The number of carbonyl (C=O) groups is 1. The normalized spacial score (nSPS) is 15.2. The molecule has 0 saturated carbocycles. The van der Waals surface area contributed by atoms with Gasteiger partial charge < -0.3 is 23.7 Å². The molecule has 1 N–H and O–H groups in total. The van der Waals surface area contributed by atoms with Crippen LogP contribution in [0.15, 0.2) is 48.6 Å². The topological polar surface area (TPSA) is 74.2 Å². The summed E-state index contributed by atoms with van der Waals surface area (Å²) >= 11 is 0. The summed E-state index contributed by atoms with van der Waals surface area (Å²) in [6, 6.07) is 7.78. The van der Waals surface area contributed by atoms with Crippen molar-refractivity contribution in [2.24, 2.45) is 5.92 Å². The fraction of sp³-hybridized carbons (Fsp3) is 0.577. The van der Waals surface area contributed by atoms with Gasteiger partial charge in [-0.2, -0.15) is 0 Å². The van der Waals surface area contributed by atoms with Crippen LogP contribution < -0.4 is 4.74 Å². The van der Waals surface area contributed by atoms with Gasteiger partial charge in [0, 0.05) is 6.61 Å². The highest BCUT2D eigenvalue weighted by molar-refractivity contribution is 6.74. The highest BCUT2D eigenvalue weighted by Gasteiger charge is 2.39. The molecule has 0 heterocycles. The molecular weight excluding hydrogens is 436 g/mol. The molecule has 0 aliphatic rings. The summed E-state index contributed by atoms with van der Waals surface area (Å²) in [5.41, 5.74) is 1.81. The monoisotopic (exact) mass is 478 g/mol. The van der Waals surface area contributed by atoms with E-state index in [2.05, 4.69) is 40.4 Å². The molecule has 0 saturated heterocycles. The van der Waals surface area contributed by atoms with Gasteiger partial charge in [-0.25, -0.2) is 0 Å². The Kier molecular flexibility index (Phi) is 11.5. The molecular formula is C26H42O6Si. The van der Waals surface area contributed by atoms with Crippen molar-refractivity contribution in [3.05, 3.63) is 54.1 Å². The second-order valence-electron chi connectivity index (χ2n) is 9.79. The van der Waals surface area contributed by atoms with Gasteiger partial charge in [-0.3, -0.25) is 4.79 Å². The molecule has 0 aliphatic carbocycles. The summed E-state index contributed by atoms with van der Waals surface area (Å²) in [4.78, 5) is 11.7. The minimum atomic E-state index is -2.07. The number of hydrogen-bond donors (Lipinski definition) is 1. The number of aliphatic hydroxyl groups is 1. The predicted molar refractivity (Wildman–Crippen MR) is 135 cm³/mol. The second-order valence-corrected chi connectivity index (χ2v) is 14.5. The first kappa shape index (κ1) is 29.1. The van der Waals surface area contributed by atoms with Gasteiger partial charge in [0.25, 0.3) is 0 Å². The van der Waals surface area contributed by atoms with E-state index in [4.69, 9.17) is 18.6 Å². The van der Waals surface area contributed by atoms with Gasteiger partial charge >= 0.3 is 5.97 Å². The quantitative estimate of drug-likeness (QED) is 0.180. The van der Waals surface area contributed by atoms with Crippen LogP contribution in [0.2, 0.25) is 18.1 Å². The van der Waals surface area contributed by atoms with Crippen LogP contribution in [0.3, 0.4) is 0 Å². The van der Waals surface area contributed by atoms with E-state index in [1.165, 1.54) is 7.11 Å². The lowest BCUT2D eigenvalue weighted by Crippen LogP contribution is -2.44. The van der Waals surface area contributed by atoms with Crippen molar-refractivity contribution < 1.29 is 28.5 Å². The van der Waals surface area contributed by atoms with Crippen LogP contribution >= 0.6 is 0 Å². The molecule has 6 nitrogen and oxygen atoms in total. The lowest BCUT2D eigenvalue weighted by Gasteiger charge is -2.39. The van der Waals surface area contributed by atoms with Gasteiger partial charge in [-0.05, 0) is 54.7 Å². The Morgan fingerprint density at radius 2 is 1.79 bits per heavy atom. The smallest absolute Gasteiger partial charge is 0.311 e. The summed E-state index contributed by atoms with van der Waals surface area (Å²) in [6.07, 6.45) is 2.73. The maximum atomic E-state index is 11.7. The molecule has 1 aromatic rings. The summed E-state index contributed by atoms with van der Waals surface area (Å²) in [5, 5.41) is 10.3. The third-order valence-electron chi connectivity index (χ3n) is 6.20. The van der Waals surface area contributed by atoms with Crippen molar-refractivity contribution in [1.82, 2.24) is 0 Å². The third kappa shape index (κ3) is 9.45. The number of rotatable bonds is 13. The molecule has 3 atom stereocenters. The Morgan fingerprint density at radius 3 is 2.30 bits per heavy atom. The van der Waals surface area contributed by atoms with Crippen LogP contribution in [0.1, 0.15) is 39.7 Å². The van der Waals surface area contributed by atoms with Crippen molar-refractivity contribution in [2.75, 3.05) is 20.8 Å². The number of hydrogen-bond acceptors (Lipinski definition) is 6. The van der Waals surface area contributed by atoms with Crippen LogP contribution in [-0.4, -0.2) is 52.4 Å². The standard InChI is InChI=1S/C26H42O6Si/c1-19(10-15-23(27)20(2)25(28)30-7)24(32-33(8,9)26(3,4)5)16-17-31-18-21-11-13-22(29-6)14-12-21/h10-15,20,23-24,27H,1,16-18H2,2-9H3/b15-10+/t20-,23+,24-/m0/s1. The fourth-order valence-electron chi connectivity index (χ4n) is 2.78. The minimum Gasteiger partial charge on any atom is -0.497 e. The van der Waals surface area contributed by atoms with E-state index in [-0.39, 0.29) is 11.1 Å². The first-order chi connectivity index (χ1) is 15.3. The van der Waals surface area contributed by atoms with Gasteiger partial charge in [-0.1, -0.05) is 51.6 Å². The van der Waals surface area contributed by atoms with Crippen LogP contribution in [0.25, 0.3) is 0 Å². The lowest BCUT2D eigenvalue weighted by atomic mass is 10.0. The van der Waals surface area contributed by atoms with E-state index in [9.17, 15) is 9.90 Å². The maximum absolute atomic E-state index is 11.7.